The quantitative estimate of drug-likeness (QED) is 0.684. The van der Waals surface area contributed by atoms with Gasteiger partial charge >= 0.3 is 0 Å². The van der Waals surface area contributed by atoms with Gasteiger partial charge in [0, 0.05) is 25.2 Å². The first-order valence-electron chi connectivity index (χ1n) is 5.23. The van der Waals surface area contributed by atoms with Gasteiger partial charge in [0.15, 0.2) is 0 Å². The Balaban J connectivity index is 2.37. The standard InChI is InChI=1S/C10H22N2O/c1-4-9(7-11-2)12(3)10-5-6-13-8-10/h9-11H,4-8H2,1-3H3. The van der Waals surface area contributed by atoms with Gasteiger partial charge in [-0.15, -0.1) is 0 Å². The molecule has 1 aliphatic heterocycles. The van der Waals surface area contributed by atoms with Crippen molar-refractivity contribution in [2.24, 2.45) is 0 Å². The molecule has 0 bridgehead atoms. The third-order valence-electron chi connectivity index (χ3n) is 2.97. The van der Waals surface area contributed by atoms with E-state index in [1.54, 1.807) is 0 Å². The number of likely N-dealkylation sites (N-methyl/N-ethyl adjacent to an activating group) is 2. The van der Waals surface area contributed by atoms with E-state index in [0.29, 0.717) is 12.1 Å². The van der Waals surface area contributed by atoms with Crippen molar-refractivity contribution in [2.75, 3.05) is 33.9 Å². The van der Waals surface area contributed by atoms with Crippen LogP contribution in [0.4, 0.5) is 0 Å². The van der Waals surface area contributed by atoms with E-state index in [4.69, 9.17) is 4.74 Å². The molecular weight excluding hydrogens is 164 g/mol. The van der Waals surface area contributed by atoms with E-state index < -0.39 is 0 Å². The molecule has 0 aliphatic carbocycles. The van der Waals surface area contributed by atoms with Gasteiger partial charge < -0.3 is 10.1 Å². The normalized spacial score (nSPS) is 25.4. The van der Waals surface area contributed by atoms with Crippen LogP contribution in [0, 0.1) is 0 Å². The lowest BCUT2D eigenvalue weighted by Crippen LogP contribution is -2.44. The molecule has 1 aliphatic rings. The minimum Gasteiger partial charge on any atom is -0.380 e. The maximum Gasteiger partial charge on any atom is 0.0622 e. The van der Waals surface area contributed by atoms with Crippen LogP contribution >= 0.6 is 0 Å². The fraction of sp³-hybridized carbons (Fsp3) is 1.00. The van der Waals surface area contributed by atoms with Gasteiger partial charge in [0.05, 0.1) is 6.61 Å². The second-order valence-electron chi connectivity index (χ2n) is 3.80. The Morgan fingerprint density at radius 3 is 2.85 bits per heavy atom. The Bertz CT molecular complexity index is 135. The van der Waals surface area contributed by atoms with Crippen molar-refractivity contribution in [1.29, 1.82) is 0 Å². The largest absolute Gasteiger partial charge is 0.380 e. The highest BCUT2D eigenvalue weighted by Crippen LogP contribution is 2.14. The monoisotopic (exact) mass is 186 g/mol. The molecule has 1 fully saturated rings. The SMILES string of the molecule is CCC(CNC)N(C)C1CCOC1. The number of rotatable bonds is 5. The summed E-state index contributed by atoms with van der Waals surface area (Å²) in [4.78, 5) is 2.46. The lowest BCUT2D eigenvalue weighted by molar-refractivity contribution is 0.130. The second-order valence-corrected chi connectivity index (χ2v) is 3.80. The number of hydrogen-bond acceptors (Lipinski definition) is 3. The van der Waals surface area contributed by atoms with Crippen LogP contribution in [0.1, 0.15) is 19.8 Å². The molecule has 0 saturated carbocycles. The zero-order valence-electron chi connectivity index (χ0n) is 9.05. The van der Waals surface area contributed by atoms with Crippen LogP contribution in [0.3, 0.4) is 0 Å². The zero-order valence-corrected chi connectivity index (χ0v) is 9.05. The molecule has 0 spiro atoms. The highest BCUT2D eigenvalue weighted by atomic mass is 16.5. The Labute approximate surface area is 81.4 Å². The first-order chi connectivity index (χ1) is 6.29. The molecule has 13 heavy (non-hydrogen) atoms. The highest BCUT2D eigenvalue weighted by Gasteiger charge is 2.24. The summed E-state index contributed by atoms with van der Waals surface area (Å²) in [6, 6.07) is 1.29. The summed E-state index contributed by atoms with van der Waals surface area (Å²) in [5.41, 5.74) is 0. The number of nitrogens with one attached hydrogen (secondary N) is 1. The Morgan fingerprint density at radius 1 is 1.62 bits per heavy atom. The van der Waals surface area contributed by atoms with Crippen molar-refractivity contribution in [1.82, 2.24) is 10.2 Å². The van der Waals surface area contributed by atoms with Crippen LogP contribution in [0.2, 0.25) is 0 Å². The van der Waals surface area contributed by atoms with Crippen molar-refractivity contribution in [3.63, 3.8) is 0 Å². The van der Waals surface area contributed by atoms with E-state index in [-0.39, 0.29) is 0 Å². The van der Waals surface area contributed by atoms with Crippen LogP contribution in [-0.4, -0.2) is 50.8 Å². The van der Waals surface area contributed by atoms with E-state index >= 15 is 0 Å². The van der Waals surface area contributed by atoms with Crippen molar-refractivity contribution in [3.05, 3.63) is 0 Å². The summed E-state index contributed by atoms with van der Waals surface area (Å²) in [6.45, 7) is 5.17. The molecular formula is C10H22N2O. The third kappa shape index (κ3) is 2.93. The number of nitrogens with zero attached hydrogens (tertiary/aromatic N) is 1. The van der Waals surface area contributed by atoms with E-state index in [0.717, 1.165) is 19.8 Å². The summed E-state index contributed by atoms with van der Waals surface area (Å²) < 4.78 is 5.39. The molecule has 1 heterocycles. The van der Waals surface area contributed by atoms with Crippen LogP contribution in [0.25, 0.3) is 0 Å². The smallest absolute Gasteiger partial charge is 0.0622 e. The van der Waals surface area contributed by atoms with E-state index in [1.807, 2.05) is 7.05 Å². The minimum atomic E-state index is 0.637. The second kappa shape index (κ2) is 5.58. The topological polar surface area (TPSA) is 24.5 Å². The van der Waals surface area contributed by atoms with Crippen molar-refractivity contribution in [3.8, 4) is 0 Å². The average Bonchev–Trinajstić information content (AvgIpc) is 2.65. The fourth-order valence-electron chi connectivity index (χ4n) is 1.95. The van der Waals surface area contributed by atoms with Crippen molar-refractivity contribution >= 4 is 0 Å². The minimum absolute atomic E-state index is 0.637. The predicted molar refractivity (Wildman–Crippen MR) is 55.0 cm³/mol. The molecule has 1 rings (SSSR count). The zero-order chi connectivity index (χ0) is 9.68. The number of ether oxygens (including phenoxy) is 1. The van der Waals surface area contributed by atoms with E-state index in [2.05, 4.69) is 24.2 Å². The summed E-state index contributed by atoms with van der Waals surface area (Å²) in [5.74, 6) is 0. The maximum atomic E-state index is 5.39. The Morgan fingerprint density at radius 2 is 2.38 bits per heavy atom. The molecule has 1 N–H and O–H groups in total. The van der Waals surface area contributed by atoms with Gasteiger partial charge in [-0.05, 0) is 26.9 Å². The summed E-state index contributed by atoms with van der Waals surface area (Å²) in [6.07, 6.45) is 2.39. The molecule has 0 amide bonds. The highest BCUT2D eigenvalue weighted by molar-refractivity contribution is 4.79. The third-order valence-corrected chi connectivity index (χ3v) is 2.97. The Kier molecular flexibility index (Phi) is 4.70. The molecule has 0 aromatic rings. The summed E-state index contributed by atoms with van der Waals surface area (Å²) in [7, 11) is 4.23. The molecule has 0 aromatic carbocycles. The van der Waals surface area contributed by atoms with Gasteiger partial charge in [-0.3, -0.25) is 4.90 Å². The lowest BCUT2D eigenvalue weighted by atomic mass is 10.1. The molecule has 0 aromatic heterocycles. The first-order valence-corrected chi connectivity index (χ1v) is 5.23. The molecule has 3 nitrogen and oxygen atoms in total. The van der Waals surface area contributed by atoms with Gasteiger partial charge in [-0.1, -0.05) is 6.92 Å². The molecule has 78 valence electrons. The molecule has 1 saturated heterocycles. The summed E-state index contributed by atoms with van der Waals surface area (Å²) >= 11 is 0. The van der Waals surface area contributed by atoms with Crippen molar-refractivity contribution < 1.29 is 4.74 Å². The van der Waals surface area contributed by atoms with Gasteiger partial charge in [-0.25, -0.2) is 0 Å². The first kappa shape index (κ1) is 11.0. The number of hydrogen-bond donors (Lipinski definition) is 1. The molecule has 3 heteroatoms. The maximum absolute atomic E-state index is 5.39. The lowest BCUT2D eigenvalue weighted by Gasteiger charge is -2.31. The van der Waals surface area contributed by atoms with Crippen LogP contribution < -0.4 is 5.32 Å². The van der Waals surface area contributed by atoms with Gasteiger partial charge in [0.1, 0.15) is 0 Å². The average molecular weight is 186 g/mol. The molecule has 0 radical (unpaired) electrons. The Hall–Kier alpha value is -0.120. The van der Waals surface area contributed by atoms with Crippen molar-refractivity contribution in [2.45, 2.75) is 31.8 Å². The molecule has 2 unspecified atom stereocenters. The van der Waals surface area contributed by atoms with Crippen LogP contribution in [-0.2, 0) is 4.74 Å². The van der Waals surface area contributed by atoms with Gasteiger partial charge in [0.2, 0.25) is 0 Å². The van der Waals surface area contributed by atoms with Gasteiger partial charge in [0.25, 0.3) is 0 Å². The van der Waals surface area contributed by atoms with Crippen LogP contribution in [0.15, 0.2) is 0 Å². The van der Waals surface area contributed by atoms with E-state index in [9.17, 15) is 0 Å². The predicted octanol–water partition coefficient (Wildman–Crippen LogP) is 0.705. The van der Waals surface area contributed by atoms with Crippen LogP contribution in [0.5, 0.6) is 0 Å². The fourth-order valence-corrected chi connectivity index (χ4v) is 1.95. The van der Waals surface area contributed by atoms with Gasteiger partial charge in [-0.2, -0.15) is 0 Å². The van der Waals surface area contributed by atoms with E-state index in [1.165, 1.54) is 12.8 Å². The molecule has 2 atom stereocenters. The summed E-state index contributed by atoms with van der Waals surface area (Å²) in [5, 5.41) is 3.24.